The molecule has 8 aromatic rings. The van der Waals surface area contributed by atoms with Crippen molar-refractivity contribution >= 4 is 51.3 Å². The molecule has 0 aliphatic carbocycles. The molecule has 0 saturated carbocycles. The van der Waals surface area contributed by atoms with Crippen LogP contribution < -0.4 is 25.0 Å². The summed E-state index contributed by atoms with van der Waals surface area (Å²) in [5.74, 6) is 1.10. The Bertz CT molecular complexity index is 2950. The number of hydrogen-bond donors (Lipinski definition) is 2. The number of nitrogens with zero attached hydrogens (tertiary/aromatic N) is 5. The summed E-state index contributed by atoms with van der Waals surface area (Å²) in [5, 5.41) is 7.63. The summed E-state index contributed by atoms with van der Waals surface area (Å²) in [6.07, 6.45) is -3.47. The van der Waals surface area contributed by atoms with Crippen molar-refractivity contribution in [2.24, 2.45) is 0 Å². The summed E-state index contributed by atoms with van der Waals surface area (Å²) in [6, 6.07) is 37.1. The van der Waals surface area contributed by atoms with Gasteiger partial charge in [0.1, 0.15) is 40.7 Å². The summed E-state index contributed by atoms with van der Waals surface area (Å²) in [4.78, 5) is 28.4. The highest BCUT2D eigenvalue weighted by Crippen LogP contribution is 2.35. The van der Waals surface area contributed by atoms with Crippen LogP contribution in [0.25, 0.3) is 16.6 Å². The van der Waals surface area contributed by atoms with Gasteiger partial charge in [0, 0.05) is 42.6 Å². The molecule has 9 rings (SSSR count). The van der Waals surface area contributed by atoms with Crippen LogP contribution in [0.5, 0.6) is 17.2 Å². The number of hydrogen-bond acceptors (Lipinski definition) is 8. The van der Waals surface area contributed by atoms with Crippen molar-refractivity contribution < 1.29 is 40.6 Å². The minimum atomic E-state index is -4.68. The predicted molar refractivity (Wildman–Crippen MR) is 245 cm³/mol. The van der Waals surface area contributed by atoms with E-state index in [1.807, 2.05) is 43.3 Å². The zero-order valence-electron chi connectivity index (χ0n) is 35.8. The first kappa shape index (κ1) is 46.2. The maximum atomic E-state index is 13.0. The SMILES string of the molecule is CCc1nc2ccc(Cl)cn2c1C(=O)NCc1ccc(N2CCC(c3ccc(OC(F)(F)F)cc3)CC2)cc1.FC(F)(F)c1cccc(Oc2ccc(Nc3ncnc4ccccc34)cc2)c1. The van der Waals surface area contributed by atoms with Crippen LogP contribution in [0.3, 0.4) is 0 Å². The number of amides is 1. The Kier molecular flexibility index (Phi) is 13.8. The Morgan fingerprint density at radius 2 is 1.51 bits per heavy atom. The third kappa shape index (κ3) is 11.7. The smallest absolute Gasteiger partial charge is 0.457 e. The van der Waals surface area contributed by atoms with Gasteiger partial charge in [0.05, 0.1) is 21.8 Å². The second-order valence-electron chi connectivity index (χ2n) is 15.6. The van der Waals surface area contributed by atoms with Gasteiger partial charge in [-0.2, -0.15) is 13.2 Å². The number of rotatable bonds is 11. The van der Waals surface area contributed by atoms with E-state index in [0.29, 0.717) is 40.9 Å². The van der Waals surface area contributed by atoms with Crippen molar-refractivity contribution in [3.05, 3.63) is 179 Å². The number of nitrogens with one attached hydrogen (secondary N) is 2. The number of carbonyl (C=O) groups is 1. The van der Waals surface area contributed by atoms with Gasteiger partial charge in [0.25, 0.3) is 5.91 Å². The number of aromatic nitrogens is 4. The first-order chi connectivity index (χ1) is 32.2. The standard InChI is InChI=1S/C29H28ClF3N4O2.C21H14F3N3O/c1-2-25-27(37-18-22(30)7-12-26(37)35-25)28(38)34-17-19-3-8-23(9-4-19)36-15-13-21(14-16-36)20-5-10-24(11-6-20)39-29(31,32)33;22-21(23,24)14-4-3-5-17(12-14)28-16-10-8-15(9-11-16)27-20-18-6-1-2-7-19(18)25-13-26-20/h3-12,18,21H,2,13-17H2,1H3,(H,34,38);1-13H,(H,25,26,27). The molecule has 0 unspecified atom stereocenters. The number of fused-ring (bicyclic) bond motifs is 2. The van der Waals surface area contributed by atoms with E-state index in [4.69, 9.17) is 16.3 Å². The number of imidazole rings is 1. The van der Waals surface area contributed by atoms with E-state index < -0.39 is 18.1 Å². The Morgan fingerprint density at radius 1 is 0.791 bits per heavy atom. The Labute approximate surface area is 386 Å². The molecule has 1 aliphatic rings. The number of carbonyl (C=O) groups excluding carboxylic acids is 1. The molecule has 344 valence electrons. The van der Waals surface area contributed by atoms with Crippen LogP contribution in [0.1, 0.15) is 58.6 Å². The largest absolute Gasteiger partial charge is 0.573 e. The zero-order chi connectivity index (χ0) is 47.1. The Hall–Kier alpha value is -7.33. The second-order valence-corrected chi connectivity index (χ2v) is 16.0. The Morgan fingerprint density at radius 3 is 2.21 bits per heavy atom. The summed E-state index contributed by atoms with van der Waals surface area (Å²) in [7, 11) is 0. The van der Waals surface area contributed by atoms with Gasteiger partial charge in [-0.3, -0.25) is 9.20 Å². The van der Waals surface area contributed by atoms with Gasteiger partial charge >= 0.3 is 12.5 Å². The average Bonchev–Trinajstić information content (AvgIpc) is 3.69. The van der Waals surface area contributed by atoms with E-state index in [0.717, 1.165) is 77.2 Å². The summed E-state index contributed by atoms with van der Waals surface area (Å²) in [5.41, 5.74) is 5.84. The lowest BCUT2D eigenvalue weighted by molar-refractivity contribution is -0.274. The van der Waals surface area contributed by atoms with Crippen molar-refractivity contribution in [1.29, 1.82) is 0 Å². The number of benzene rings is 5. The van der Waals surface area contributed by atoms with Gasteiger partial charge in [-0.15, -0.1) is 13.2 Å². The predicted octanol–water partition coefficient (Wildman–Crippen LogP) is 12.9. The van der Waals surface area contributed by atoms with Gasteiger partial charge in [-0.1, -0.05) is 61.0 Å². The number of aryl methyl sites for hydroxylation is 1. The molecule has 10 nitrogen and oxygen atoms in total. The average molecular weight is 938 g/mol. The van der Waals surface area contributed by atoms with Crippen LogP contribution in [-0.2, 0) is 19.1 Å². The van der Waals surface area contributed by atoms with Crippen molar-refractivity contribution in [3.8, 4) is 17.2 Å². The summed E-state index contributed by atoms with van der Waals surface area (Å²) in [6.45, 7) is 4.04. The van der Waals surface area contributed by atoms with Crippen molar-refractivity contribution in [1.82, 2.24) is 24.7 Å². The third-order valence-electron chi connectivity index (χ3n) is 11.1. The fourth-order valence-electron chi connectivity index (χ4n) is 7.78. The van der Waals surface area contributed by atoms with E-state index in [2.05, 4.69) is 47.4 Å². The minimum absolute atomic E-state index is 0.123. The van der Waals surface area contributed by atoms with E-state index in [9.17, 15) is 31.1 Å². The lowest BCUT2D eigenvalue weighted by Gasteiger charge is -2.34. The lowest BCUT2D eigenvalue weighted by Crippen LogP contribution is -2.32. The number of anilines is 3. The normalized spacial score (nSPS) is 13.2. The van der Waals surface area contributed by atoms with E-state index in [-0.39, 0.29) is 23.3 Å². The van der Waals surface area contributed by atoms with E-state index in [1.165, 1.54) is 30.6 Å². The molecule has 0 bridgehead atoms. The molecule has 2 N–H and O–H groups in total. The highest BCUT2D eigenvalue weighted by molar-refractivity contribution is 6.30. The molecular weight excluding hydrogens is 896 g/mol. The molecule has 3 aromatic heterocycles. The maximum Gasteiger partial charge on any atom is 0.573 e. The third-order valence-corrected chi connectivity index (χ3v) is 11.3. The number of ether oxygens (including phenoxy) is 2. The van der Waals surface area contributed by atoms with Gasteiger partial charge < -0.3 is 25.0 Å². The molecule has 0 spiro atoms. The zero-order valence-corrected chi connectivity index (χ0v) is 36.5. The highest BCUT2D eigenvalue weighted by Gasteiger charge is 2.32. The second kappa shape index (κ2) is 20.0. The maximum absolute atomic E-state index is 13.0. The van der Waals surface area contributed by atoms with Gasteiger partial charge in [-0.25, -0.2) is 15.0 Å². The van der Waals surface area contributed by atoms with Gasteiger partial charge in [0.15, 0.2) is 0 Å². The molecule has 4 heterocycles. The first-order valence-corrected chi connectivity index (χ1v) is 21.6. The molecule has 0 radical (unpaired) electrons. The minimum Gasteiger partial charge on any atom is -0.457 e. The molecule has 67 heavy (non-hydrogen) atoms. The van der Waals surface area contributed by atoms with Crippen LogP contribution >= 0.6 is 11.6 Å². The van der Waals surface area contributed by atoms with Gasteiger partial charge in [-0.05, 0) is 127 Å². The molecule has 17 heteroatoms. The van der Waals surface area contributed by atoms with Crippen LogP contribution in [0.15, 0.2) is 146 Å². The molecule has 1 aliphatic heterocycles. The quantitative estimate of drug-likeness (QED) is 0.124. The van der Waals surface area contributed by atoms with Crippen LogP contribution in [0, 0.1) is 0 Å². The van der Waals surface area contributed by atoms with Crippen molar-refractivity contribution in [3.63, 3.8) is 0 Å². The molecular formula is C50H42ClF6N7O3. The van der Waals surface area contributed by atoms with Crippen LogP contribution in [0.4, 0.5) is 43.5 Å². The number of pyridine rings is 1. The summed E-state index contributed by atoms with van der Waals surface area (Å²) < 4.78 is 86.8. The molecule has 1 amide bonds. The van der Waals surface area contributed by atoms with Crippen LogP contribution in [0.2, 0.25) is 5.02 Å². The number of halogens is 7. The molecule has 5 aromatic carbocycles. The monoisotopic (exact) mass is 937 g/mol. The lowest BCUT2D eigenvalue weighted by atomic mass is 9.89. The van der Waals surface area contributed by atoms with E-state index in [1.54, 1.807) is 59.1 Å². The Balaban J connectivity index is 0.000000192. The number of alkyl halides is 6. The van der Waals surface area contributed by atoms with E-state index >= 15 is 0 Å². The topological polar surface area (TPSA) is 106 Å². The van der Waals surface area contributed by atoms with Crippen molar-refractivity contribution in [2.45, 2.75) is 51.2 Å². The summed E-state index contributed by atoms with van der Waals surface area (Å²) >= 11 is 6.14. The number of piperidine rings is 1. The van der Waals surface area contributed by atoms with Crippen molar-refractivity contribution in [2.75, 3.05) is 23.3 Å². The number of para-hydroxylation sites is 1. The fourth-order valence-corrected chi connectivity index (χ4v) is 7.94. The first-order valence-electron chi connectivity index (χ1n) is 21.3. The molecule has 1 fully saturated rings. The highest BCUT2D eigenvalue weighted by atomic mass is 35.5. The van der Waals surface area contributed by atoms with Crippen LogP contribution in [-0.4, -0.2) is 44.7 Å². The molecule has 1 saturated heterocycles. The van der Waals surface area contributed by atoms with Gasteiger partial charge in [0.2, 0.25) is 0 Å². The molecule has 0 atom stereocenters. The fraction of sp³-hybridized carbons (Fsp3) is 0.200.